The number of nitrogens with zero attached hydrogens (tertiary/aromatic N) is 1. The van der Waals surface area contributed by atoms with Gasteiger partial charge in [-0.25, -0.2) is 4.79 Å². The van der Waals surface area contributed by atoms with Gasteiger partial charge in [-0.1, -0.05) is 36.4 Å². The van der Waals surface area contributed by atoms with Crippen LogP contribution in [0.15, 0.2) is 71.7 Å². The number of carbonyl (C=O) groups is 1. The van der Waals surface area contributed by atoms with E-state index in [1.165, 1.54) is 22.3 Å². The zero-order chi connectivity index (χ0) is 19.3. The third-order valence-corrected chi connectivity index (χ3v) is 5.06. The molecule has 1 aliphatic rings. The van der Waals surface area contributed by atoms with Crippen LogP contribution in [0.1, 0.15) is 24.0 Å². The van der Waals surface area contributed by atoms with Gasteiger partial charge in [0.25, 0.3) is 0 Å². The van der Waals surface area contributed by atoms with Crippen molar-refractivity contribution in [3.05, 3.63) is 88.3 Å². The van der Waals surface area contributed by atoms with Crippen LogP contribution in [0.25, 0.3) is 11.1 Å². The number of amides is 2. The lowest BCUT2D eigenvalue weighted by atomic mass is 10.1. The summed E-state index contributed by atoms with van der Waals surface area (Å²) in [6, 6.07) is 19.4. The van der Waals surface area contributed by atoms with Crippen LogP contribution in [0.4, 0.5) is 10.5 Å². The first kappa shape index (κ1) is 18.0. The van der Waals surface area contributed by atoms with Crippen LogP contribution in [0.2, 0.25) is 0 Å². The van der Waals surface area contributed by atoms with Gasteiger partial charge in [0.15, 0.2) is 0 Å². The number of aryl methyl sites for hydroxylation is 1. The lowest BCUT2D eigenvalue weighted by molar-refractivity contribution is 0.252. The molecule has 0 saturated carbocycles. The second-order valence-electron chi connectivity index (χ2n) is 7.03. The van der Waals surface area contributed by atoms with Gasteiger partial charge in [0.05, 0.1) is 0 Å². The Morgan fingerprint density at radius 3 is 2.64 bits per heavy atom. The predicted octanol–water partition coefficient (Wildman–Crippen LogP) is 4.02. The zero-order valence-electron chi connectivity index (χ0n) is 15.7. The van der Waals surface area contributed by atoms with Crippen molar-refractivity contribution >= 4 is 11.7 Å². The highest BCUT2D eigenvalue weighted by Gasteiger charge is 2.18. The molecule has 28 heavy (non-hydrogen) atoms. The van der Waals surface area contributed by atoms with Crippen molar-refractivity contribution in [3.8, 4) is 11.1 Å². The number of aromatic nitrogens is 1. The predicted molar refractivity (Wildman–Crippen MR) is 112 cm³/mol. The minimum absolute atomic E-state index is 0.00645. The van der Waals surface area contributed by atoms with E-state index in [9.17, 15) is 9.59 Å². The van der Waals surface area contributed by atoms with Gasteiger partial charge in [0.2, 0.25) is 5.56 Å². The molecule has 0 spiro atoms. The topological polar surface area (TPSA) is 63.1 Å². The Balaban J connectivity index is 1.24. The highest BCUT2D eigenvalue weighted by molar-refractivity contribution is 5.90. The quantitative estimate of drug-likeness (QED) is 0.502. The number of benzene rings is 2. The van der Waals surface area contributed by atoms with Gasteiger partial charge >= 0.3 is 6.03 Å². The van der Waals surface area contributed by atoms with Crippen molar-refractivity contribution in [2.24, 2.45) is 0 Å². The van der Waals surface area contributed by atoms with Crippen LogP contribution < -0.4 is 16.2 Å². The standard InChI is InChI=1S/C23H23N3O2/c27-22-9-3-5-13-26(22)14-6-4-12-24-23(28)25-19-10-11-21-18(16-19)15-17-7-1-2-8-20(17)21/h1-3,5,7-11,13,16H,4,6,12,14-15H2,(H2,24,25,28). The maximum atomic E-state index is 12.1. The van der Waals surface area contributed by atoms with Crippen LogP contribution in [-0.4, -0.2) is 17.1 Å². The summed E-state index contributed by atoms with van der Waals surface area (Å²) in [6.07, 6.45) is 4.34. The summed E-state index contributed by atoms with van der Waals surface area (Å²) in [4.78, 5) is 23.8. The van der Waals surface area contributed by atoms with Crippen LogP contribution in [0.5, 0.6) is 0 Å². The van der Waals surface area contributed by atoms with Crippen molar-refractivity contribution < 1.29 is 4.79 Å². The Morgan fingerprint density at radius 1 is 0.929 bits per heavy atom. The first-order valence-electron chi connectivity index (χ1n) is 9.62. The van der Waals surface area contributed by atoms with E-state index in [4.69, 9.17) is 0 Å². The summed E-state index contributed by atoms with van der Waals surface area (Å²) in [6.45, 7) is 1.23. The fourth-order valence-corrected chi connectivity index (χ4v) is 3.65. The van der Waals surface area contributed by atoms with Crippen molar-refractivity contribution in [2.45, 2.75) is 25.8 Å². The number of carbonyl (C=O) groups excluding carboxylic acids is 1. The average Bonchev–Trinajstić information content (AvgIpc) is 3.07. The van der Waals surface area contributed by atoms with Crippen LogP contribution in [0, 0.1) is 0 Å². The number of urea groups is 1. The average molecular weight is 373 g/mol. The second kappa shape index (κ2) is 8.13. The van der Waals surface area contributed by atoms with Crippen LogP contribution >= 0.6 is 0 Å². The Hall–Kier alpha value is -3.34. The maximum Gasteiger partial charge on any atom is 0.319 e. The minimum atomic E-state index is -0.202. The third kappa shape index (κ3) is 3.98. The summed E-state index contributed by atoms with van der Waals surface area (Å²) in [5, 5.41) is 5.79. The SMILES string of the molecule is O=C(NCCCCn1ccccc1=O)Nc1ccc2c(c1)Cc1ccccc1-2. The number of pyridine rings is 1. The first-order chi connectivity index (χ1) is 13.7. The molecule has 0 fully saturated rings. The number of rotatable bonds is 6. The highest BCUT2D eigenvalue weighted by Crippen LogP contribution is 2.37. The third-order valence-electron chi connectivity index (χ3n) is 5.06. The van der Waals surface area contributed by atoms with E-state index in [2.05, 4.69) is 47.0 Å². The number of unbranched alkanes of at least 4 members (excludes halogenated alkanes) is 1. The number of hydrogen-bond acceptors (Lipinski definition) is 2. The fourth-order valence-electron chi connectivity index (χ4n) is 3.65. The van der Waals surface area contributed by atoms with Crippen LogP contribution in [0.3, 0.4) is 0 Å². The largest absolute Gasteiger partial charge is 0.338 e. The molecule has 1 aliphatic carbocycles. The summed E-state index contributed by atoms with van der Waals surface area (Å²) < 4.78 is 1.68. The molecule has 0 saturated heterocycles. The number of fused-ring (bicyclic) bond motifs is 3. The molecule has 0 bridgehead atoms. The van der Waals surface area contributed by atoms with Gasteiger partial charge < -0.3 is 15.2 Å². The van der Waals surface area contributed by atoms with Gasteiger partial charge in [0, 0.05) is 31.0 Å². The maximum absolute atomic E-state index is 12.1. The molecular formula is C23H23N3O2. The molecular weight excluding hydrogens is 350 g/mol. The van der Waals surface area contributed by atoms with Gasteiger partial charge in [-0.2, -0.15) is 0 Å². The normalized spacial score (nSPS) is 11.6. The van der Waals surface area contributed by atoms with Gasteiger partial charge in [0.1, 0.15) is 0 Å². The molecule has 1 heterocycles. The smallest absolute Gasteiger partial charge is 0.319 e. The molecule has 2 aromatic carbocycles. The zero-order valence-corrected chi connectivity index (χ0v) is 15.7. The molecule has 3 aromatic rings. The van der Waals surface area contributed by atoms with Crippen molar-refractivity contribution in [2.75, 3.05) is 11.9 Å². The van der Waals surface area contributed by atoms with Crippen LogP contribution in [-0.2, 0) is 13.0 Å². The van der Waals surface area contributed by atoms with E-state index in [-0.39, 0.29) is 11.6 Å². The molecule has 0 unspecified atom stereocenters. The van der Waals surface area contributed by atoms with Crippen molar-refractivity contribution in [1.29, 1.82) is 0 Å². The van der Waals surface area contributed by atoms with E-state index < -0.39 is 0 Å². The molecule has 5 heteroatoms. The molecule has 1 aromatic heterocycles. The first-order valence-corrected chi connectivity index (χ1v) is 9.62. The summed E-state index contributed by atoms with van der Waals surface area (Å²) in [7, 11) is 0. The van der Waals surface area contributed by atoms with E-state index in [0.717, 1.165) is 24.9 Å². The molecule has 2 N–H and O–H groups in total. The molecule has 4 rings (SSSR count). The van der Waals surface area contributed by atoms with E-state index in [0.29, 0.717) is 13.1 Å². The Kier molecular flexibility index (Phi) is 5.24. The van der Waals surface area contributed by atoms with Crippen molar-refractivity contribution in [1.82, 2.24) is 9.88 Å². The summed E-state index contributed by atoms with van der Waals surface area (Å²) in [5.74, 6) is 0. The second-order valence-corrected chi connectivity index (χ2v) is 7.03. The fraction of sp³-hybridized carbons (Fsp3) is 0.217. The molecule has 0 radical (unpaired) electrons. The van der Waals surface area contributed by atoms with E-state index in [1.807, 2.05) is 12.1 Å². The summed E-state index contributed by atoms with van der Waals surface area (Å²) in [5.41, 5.74) is 5.92. The Morgan fingerprint density at radius 2 is 1.75 bits per heavy atom. The highest BCUT2D eigenvalue weighted by atomic mass is 16.2. The molecule has 0 atom stereocenters. The van der Waals surface area contributed by atoms with Crippen molar-refractivity contribution in [3.63, 3.8) is 0 Å². The summed E-state index contributed by atoms with van der Waals surface area (Å²) >= 11 is 0. The van der Waals surface area contributed by atoms with Gasteiger partial charge in [-0.15, -0.1) is 0 Å². The Labute approximate surface area is 164 Å². The molecule has 2 amide bonds. The number of anilines is 1. The van der Waals surface area contributed by atoms with E-state index in [1.54, 1.807) is 22.9 Å². The minimum Gasteiger partial charge on any atom is -0.338 e. The van der Waals surface area contributed by atoms with E-state index >= 15 is 0 Å². The molecule has 0 aliphatic heterocycles. The monoisotopic (exact) mass is 373 g/mol. The lowest BCUT2D eigenvalue weighted by Gasteiger charge is -2.10. The number of hydrogen-bond donors (Lipinski definition) is 2. The van der Waals surface area contributed by atoms with Gasteiger partial charge in [-0.3, -0.25) is 4.79 Å². The molecule has 5 nitrogen and oxygen atoms in total. The Bertz CT molecular complexity index is 1060. The molecule has 142 valence electrons. The lowest BCUT2D eigenvalue weighted by Crippen LogP contribution is -2.29. The number of nitrogens with one attached hydrogen (secondary N) is 2. The van der Waals surface area contributed by atoms with Gasteiger partial charge in [-0.05, 0) is 59.7 Å².